The van der Waals surface area contributed by atoms with Gasteiger partial charge in [0.15, 0.2) is 0 Å². The van der Waals surface area contributed by atoms with Crippen LogP contribution in [0.4, 0.5) is 0 Å². The molecule has 0 aromatic heterocycles. The lowest BCUT2D eigenvalue weighted by molar-refractivity contribution is -0.170. The van der Waals surface area contributed by atoms with Gasteiger partial charge in [0.25, 0.3) is 0 Å². The van der Waals surface area contributed by atoms with Crippen molar-refractivity contribution in [3.8, 4) is 0 Å². The maximum absolute atomic E-state index is 12.5. The topological polar surface area (TPSA) is 69.7 Å². The van der Waals surface area contributed by atoms with E-state index in [9.17, 15) is 14.4 Å². The monoisotopic (exact) mass is 346 g/mol. The molecule has 0 radical (unpaired) electrons. The predicted molar refractivity (Wildman–Crippen MR) is 91.5 cm³/mol. The van der Waals surface area contributed by atoms with Gasteiger partial charge in [0, 0.05) is 34.5 Å². The highest BCUT2D eigenvalue weighted by atomic mass is 16.6. The predicted octanol–water partition coefficient (Wildman–Crippen LogP) is 3.13. The molecule has 0 amide bonds. The van der Waals surface area contributed by atoms with E-state index in [1.807, 2.05) is 13.8 Å². The fourth-order valence-corrected chi connectivity index (χ4v) is 4.64. The standard InChI is InChI=1S/C20H26O5/c1-6-10(2)18(22)25-17-16-11(3)19(23)24-15(16)9-13-7-8-14(21)12(4)20(13,17)5/h6,12-13,15,17H,7-9H2,1-5H3/b10-6+. The summed E-state index contributed by atoms with van der Waals surface area (Å²) in [6.07, 6.45) is 2.74. The smallest absolute Gasteiger partial charge is 0.334 e. The van der Waals surface area contributed by atoms with E-state index in [1.54, 1.807) is 26.8 Å². The SMILES string of the molecule is C/C=C(\C)C(=O)OC1C2=C(C)C(=O)OC2CC2CCC(=O)C(C)C21C. The quantitative estimate of drug-likeness (QED) is 0.567. The van der Waals surface area contributed by atoms with Gasteiger partial charge in [-0.15, -0.1) is 0 Å². The number of fused-ring (bicyclic) bond motifs is 2. The Morgan fingerprint density at radius 1 is 1.36 bits per heavy atom. The van der Waals surface area contributed by atoms with Gasteiger partial charge in [0.2, 0.25) is 0 Å². The molecule has 5 atom stereocenters. The lowest BCUT2D eigenvalue weighted by Crippen LogP contribution is -2.57. The van der Waals surface area contributed by atoms with Crippen molar-refractivity contribution >= 4 is 17.7 Å². The van der Waals surface area contributed by atoms with Gasteiger partial charge in [-0.2, -0.15) is 0 Å². The van der Waals surface area contributed by atoms with Gasteiger partial charge in [0.05, 0.1) is 0 Å². The van der Waals surface area contributed by atoms with Crippen LogP contribution >= 0.6 is 0 Å². The van der Waals surface area contributed by atoms with Crippen LogP contribution in [-0.4, -0.2) is 29.9 Å². The van der Waals surface area contributed by atoms with Crippen molar-refractivity contribution in [1.29, 1.82) is 0 Å². The van der Waals surface area contributed by atoms with Gasteiger partial charge >= 0.3 is 11.9 Å². The summed E-state index contributed by atoms with van der Waals surface area (Å²) in [7, 11) is 0. The molecule has 3 rings (SSSR count). The highest BCUT2D eigenvalue weighted by Gasteiger charge is 2.60. The molecule has 3 aliphatic rings. The summed E-state index contributed by atoms with van der Waals surface area (Å²) >= 11 is 0. The van der Waals surface area contributed by atoms with Crippen molar-refractivity contribution in [2.75, 3.05) is 0 Å². The summed E-state index contributed by atoms with van der Waals surface area (Å²) in [5.41, 5.74) is 1.27. The molecule has 5 nitrogen and oxygen atoms in total. The van der Waals surface area contributed by atoms with Crippen molar-refractivity contribution < 1.29 is 23.9 Å². The van der Waals surface area contributed by atoms with Crippen molar-refractivity contribution in [3.05, 3.63) is 22.8 Å². The van der Waals surface area contributed by atoms with Crippen LogP contribution in [0.5, 0.6) is 0 Å². The number of ether oxygens (including phenoxy) is 2. The van der Waals surface area contributed by atoms with Crippen LogP contribution in [0.25, 0.3) is 0 Å². The van der Waals surface area contributed by atoms with Crippen LogP contribution in [0, 0.1) is 17.3 Å². The largest absolute Gasteiger partial charge is 0.454 e. The molecule has 25 heavy (non-hydrogen) atoms. The minimum Gasteiger partial charge on any atom is -0.454 e. The first-order chi connectivity index (χ1) is 11.7. The van der Waals surface area contributed by atoms with E-state index >= 15 is 0 Å². The summed E-state index contributed by atoms with van der Waals surface area (Å²) in [6.45, 7) is 9.16. The minimum atomic E-state index is -0.607. The average Bonchev–Trinajstić information content (AvgIpc) is 2.86. The molecule has 0 saturated heterocycles. The van der Waals surface area contributed by atoms with E-state index in [4.69, 9.17) is 9.47 Å². The first-order valence-electron chi connectivity index (χ1n) is 9.00. The normalized spacial score (nSPS) is 38.2. The number of hydrogen-bond donors (Lipinski definition) is 0. The Bertz CT molecular complexity index is 701. The van der Waals surface area contributed by atoms with Crippen LogP contribution in [0.3, 0.4) is 0 Å². The molecular formula is C20H26O5. The van der Waals surface area contributed by atoms with Crippen molar-refractivity contribution in [1.82, 2.24) is 0 Å². The zero-order chi connectivity index (χ0) is 18.5. The number of carbonyl (C=O) groups is 3. The molecule has 5 heteroatoms. The molecule has 0 spiro atoms. The molecule has 1 aliphatic heterocycles. The molecule has 136 valence electrons. The number of allylic oxidation sites excluding steroid dienone is 1. The average molecular weight is 346 g/mol. The number of ketones is 1. The highest BCUT2D eigenvalue weighted by Crippen LogP contribution is 2.57. The molecule has 1 heterocycles. The second-order valence-corrected chi connectivity index (χ2v) is 7.76. The van der Waals surface area contributed by atoms with Gasteiger partial charge in [-0.3, -0.25) is 4.79 Å². The molecule has 0 aromatic carbocycles. The Kier molecular flexibility index (Phi) is 4.38. The molecule has 0 aromatic rings. The fraction of sp³-hybridized carbons (Fsp3) is 0.650. The summed E-state index contributed by atoms with van der Waals surface area (Å²) in [5, 5.41) is 0. The first kappa shape index (κ1) is 17.9. The van der Waals surface area contributed by atoms with Crippen molar-refractivity contribution in [2.45, 2.75) is 66.1 Å². The third-order valence-corrected chi connectivity index (χ3v) is 6.70. The van der Waals surface area contributed by atoms with Crippen LogP contribution < -0.4 is 0 Å². The molecule has 2 fully saturated rings. The van der Waals surface area contributed by atoms with Crippen LogP contribution in [0.2, 0.25) is 0 Å². The Balaban J connectivity index is 2.09. The maximum atomic E-state index is 12.5. The van der Waals surface area contributed by atoms with Gasteiger partial charge in [-0.1, -0.05) is 19.9 Å². The Hall–Kier alpha value is -1.91. The Morgan fingerprint density at radius 3 is 2.68 bits per heavy atom. The second-order valence-electron chi connectivity index (χ2n) is 7.76. The minimum absolute atomic E-state index is 0.177. The first-order valence-corrected chi connectivity index (χ1v) is 9.00. The molecule has 0 N–H and O–H groups in total. The lowest BCUT2D eigenvalue weighted by Gasteiger charge is -2.53. The molecular weight excluding hydrogens is 320 g/mol. The van der Waals surface area contributed by atoms with E-state index in [-0.39, 0.29) is 29.7 Å². The van der Waals surface area contributed by atoms with Gasteiger partial charge in [-0.25, -0.2) is 9.59 Å². The van der Waals surface area contributed by atoms with E-state index in [2.05, 4.69) is 0 Å². The van der Waals surface area contributed by atoms with Crippen LogP contribution in [0.1, 0.15) is 53.9 Å². The zero-order valence-corrected chi connectivity index (χ0v) is 15.5. The molecule has 0 bridgehead atoms. The van der Waals surface area contributed by atoms with E-state index in [1.165, 1.54) is 0 Å². The lowest BCUT2D eigenvalue weighted by atomic mass is 9.52. The molecule has 2 aliphatic carbocycles. The van der Waals surface area contributed by atoms with Gasteiger partial charge < -0.3 is 9.47 Å². The summed E-state index contributed by atoms with van der Waals surface area (Å²) < 4.78 is 11.4. The number of rotatable bonds is 2. The maximum Gasteiger partial charge on any atom is 0.334 e. The van der Waals surface area contributed by atoms with Crippen molar-refractivity contribution in [3.63, 3.8) is 0 Å². The summed E-state index contributed by atoms with van der Waals surface area (Å²) in [6, 6.07) is 0. The molecule has 2 saturated carbocycles. The number of carbonyl (C=O) groups excluding carboxylic acids is 3. The number of Topliss-reactive ketones (excluding diaryl/α,β-unsaturated/α-hetero) is 1. The fourth-order valence-electron chi connectivity index (χ4n) is 4.64. The van der Waals surface area contributed by atoms with Gasteiger partial charge in [-0.05, 0) is 39.5 Å². The Morgan fingerprint density at radius 2 is 2.04 bits per heavy atom. The van der Waals surface area contributed by atoms with E-state index < -0.39 is 17.5 Å². The van der Waals surface area contributed by atoms with Crippen LogP contribution in [-0.2, 0) is 23.9 Å². The third-order valence-electron chi connectivity index (χ3n) is 6.70. The highest BCUT2D eigenvalue weighted by molar-refractivity contribution is 5.93. The third kappa shape index (κ3) is 2.55. The number of hydrogen-bond acceptors (Lipinski definition) is 5. The second kappa shape index (κ2) is 6.11. The summed E-state index contributed by atoms with van der Waals surface area (Å²) in [4.78, 5) is 37.1. The van der Waals surface area contributed by atoms with E-state index in [0.717, 1.165) is 12.0 Å². The zero-order valence-electron chi connectivity index (χ0n) is 15.5. The molecule has 5 unspecified atom stereocenters. The van der Waals surface area contributed by atoms with E-state index in [0.29, 0.717) is 24.0 Å². The Labute approximate surface area is 148 Å². The van der Waals surface area contributed by atoms with Crippen LogP contribution in [0.15, 0.2) is 22.8 Å². The van der Waals surface area contributed by atoms with Crippen molar-refractivity contribution in [2.24, 2.45) is 17.3 Å². The number of esters is 2. The van der Waals surface area contributed by atoms with Gasteiger partial charge in [0.1, 0.15) is 18.0 Å². The summed E-state index contributed by atoms with van der Waals surface area (Å²) in [5.74, 6) is -0.601.